The van der Waals surface area contributed by atoms with Crippen molar-refractivity contribution < 1.29 is 9.59 Å². The van der Waals surface area contributed by atoms with Crippen molar-refractivity contribution in [2.24, 2.45) is 0 Å². The van der Waals surface area contributed by atoms with Gasteiger partial charge < -0.3 is 10.6 Å². The molecule has 0 radical (unpaired) electrons. The van der Waals surface area contributed by atoms with Crippen molar-refractivity contribution >= 4 is 17.5 Å². The van der Waals surface area contributed by atoms with E-state index >= 15 is 0 Å². The molecule has 0 spiro atoms. The molecule has 24 heavy (non-hydrogen) atoms. The molecule has 0 saturated carbocycles. The number of nitrogens with one attached hydrogen (secondary N) is 2. The van der Waals surface area contributed by atoms with Gasteiger partial charge in [-0.25, -0.2) is 4.98 Å². The Balaban J connectivity index is 1.35. The number of hydrogen-bond donors (Lipinski definition) is 2. The molecule has 0 atom stereocenters. The Kier molecular flexibility index (Phi) is 5.45. The van der Waals surface area contributed by atoms with Gasteiger partial charge in [-0.3, -0.25) is 14.5 Å². The molecular formula is C18H26N4O2. The zero-order valence-electron chi connectivity index (χ0n) is 14.3. The number of carbonyl (C=O) groups excluding carboxylic acids is 2. The van der Waals surface area contributed by atoms with Crippen LogP contribution in [0.3, 0.4) is 0 Å². The molecule has 2 aliphatic rings. The van der Waals surface area contributed by atoms with E-state index in [1.165, 1.54) is 12.0 Å². The Morgan fingerprint density at radius 3 is 3.00 bits per heavy atom. The second kappa shape index (κ2) is 7.75. The van der Waals surface area contributed by atoms with Crippen LogP contribution in [0.15, 0.2) is 12.1 Å². The molecule has 3 rings (SSSR count). The first-order valence-corrected chi connectivity index (χ1v) is 8.84. The van der Waals surface area contributed by atoms with Crippen molar-refractivity contribution in [3.8, 4) is 0 Å². The van der Waals surface area contributed by atoms with Crippen LogP contribution in [0.25, 0.3) is 0 Å². The molecule has 3 heterocycles. The first-order valence-electron chi connectivity index (χ1n) is 8.84. The fraction of sp³-hybridized carbons (Fsp3) is 0.611. The fourth-order valence-electron chi connectivity index (χ4n) is 3.34. The van der Waals surface area contributed by atoms with E-state index in [-0.39, 0.29) is 17.7 Å². The summed E-state index contributed by atoms with van der Waals surface area (Å²) in [7, 11) is 0. The van der Waals surface area contributed by atoms with Gasteiger partial charge in [-0.2, -0.15) is 0 Å². The summed E-state index contributed by atoms with van der Waals surface area (Å²) in [6.07, 6.45) is 4.42. The molecule has 1 aromatic heterocycles. The summed E-state index contributed by atoms with van der Waals surface area (Å²) >= 11 is 0. The van der Waals surface area contributed by atoms with E-state index in [0.717, 1.165) is 50.4 Å². The number of aromatic nitrogens is 1. The maximum atomic E-state index is 12.0. The zero-order valence-corrected chi connectivity index (χ0v) is 14.3. The van der Waals surface area contributed by atoms with Gasteiger partial charge in [0.2, 0.25) is 5.91 Å². The van der Waals surface area contributed by atoms with Gasteiger partial charge in [-0.15, -0.1) is 0 Å². The van der Waals surface area contributed by atoms with Gasteiger partial charge in [0.15, 0.2) is 0 Å². The number of pyridine rings is 1. The van der Waals surface area contributed by atoms with Gasteiger partial charge >= 0.3 is 0 Å². The van der Waals surface area contributed by atoms with Crippen LogP contribution in [-0.2, 0) is 22.4 Å². The molecule has 1 aromatic rings. The van der Waals surface area contributed by atoms with E-state index in [2.05, 4.69) is 32.7 Å². The average molecular weight is 330 g/mol. The van der Waals surface area contributed by atoms with Crippen molar-refractivity contribution in [1.82, 2.24) is 15.2 Å². The molecule has 130 valence electrons. The van der Waals surface area contributed by atoms with Crippen LogP contribution >= 0.6 is 0 Å². The van der Waals surface area contributed by atoms with E-state index < -0.39 is 0 Å². The van der Waals surface area contributed by atoms with Crippen LogP contribution in [0.5, 0.6) is 0 Å². The number of fused-ring (bicyclic) bond motifs is 1. The van der Waals surface area contributed by atoms with Crippen LogP contribution in [0.4, 0.5) is 5.82 Å². The standard InChI is InChI=1S/C18H26N4O2/c1-13(23)10-22-11-16(12-22)20-17(24)6-2-5-15-8-7-14-4-3-9-19-18(14)21-15/h7-8,16H,2-6,9-12H2,1H3,(H,19,21)(H,20,24). The topological polar surface area (TPSA) is 74.3 Å². The van der Waals surface area contributed by atoms with Crippen molar-refractivity contribution in [1.29, 1.82) is 0 Å². The number of nitrogens with zero attached hydrogens (tertiary/aromatic N) is 2. The quantitative estimate of drug-likeness (QED) is 0.784. The lowest BCUT2D eigenvalue weighted by Gasteiger charge is -2.38. The Hall–Kier alpha value is -1.95. The highest BCUT2D eigenvalue weighted by molar-refractivity contribution is 5.78. The lowest BCUT2D eigenvalue weighted by Crippen LogP contribution is -2.60. The molecule has 0 aromatic carbocycles. The van der Waals surface area contributed by atoms with Gasteiger partial charge in [-0.1, -0.05) is 6.07 Å². The average Bonchev–Trinajstić information content (AvgIpc) is 2.52. The fourth-order valence-corrected chi connectivity index (χ4v) is 3.34. The number of anilines is 1. The van der Waals surface area contributed by atoms with Crippen LogP contribution in [0, 0.1) is 0 Å². The largest absolute Gasteiger partial charge is 0.370 e. The summed E-state index contributed by atoms with van der Waals surface area (Å²) in [6, 6.07) is 4.43. The highest BCUT2D eigenvalue weighted by Gasteiger charge is 2.28. The highest BCUT2D eigenvalue weighted by atomic mass is 16.1. The molecule has 0 aliphatic carbocycles. The van der Waals surface area contributed by atoms with Gasteiger partial charge in [-0.05, 0) is 44.2 Å². The van der Waals surface area contributed by atoms with Crippen LogP contribution in [-0.4, -0.2) is 53.8 Å². The maximum Gasteiger partial charge on any atom is 0.220 e. The number of ketones is 1. The number of amides is 1. The minimum Gasteiger partial charge on any atom is -0.370 e. The maximum absolute atomic E-state index is 12.0. The summed E-state index contributed by atoms with van der Waals surface area (Å²) in [5, 5.41) is 6.37. The Morgan fingerprint density at radius 1 is 1.38 bits per heavy atom. The predicted octanol–water partition coefficient (Wildman–Crippen LogP) is 1.15. The van der Waals surface area contributed by atoms with Gasteiger partial charge in [0.1, 0.15) is 11.6 Å². The van der Waals surface area contributed by atoms with Crippen LogP contribution < -0.4 is 10.6 Å². The van der Waals surface area contributed by atoms with E-state index in [9.17, 15) is 9.59 Å². The molecular weight excluding hydrogens is 304 g/mol. The van der Waals surface area contributed by atoms with Crippen molar-refractivity contribution in [2.45, 2.75) is 45.1 Å². The third-order valence-electron chi connectivity index (χ3n) is 4.56. The van der Waals surface area contributed by atoms with Crippen molar-refractivity contribution in [3.05, 3.63) is 23.4 Å². The highest BCUT2D eigenvalue weighted by Crippen LogP contribution is 2.20. The second-order valence-corrected chi connectivity index (χ2v) is 6.85. The number of Topliss-reactive ketones (excluding diaryl/α,β-unsaturated/α-hetero) is 1. The number of likely N-dealkylation sites (tertiary alicyclic amines) is 1. The van der Waals surface area contributed by atoms with E-state index in [0.29, 0.717) is 13.0 Å². The lowest BCUT2D eigenvalue weighted by atomic mass is 10.1. The summed E-state index contributed by atoms with van der Waals surface area (Å²) in [6.45, 7) is 4.64. The molecule has 1 saturated heterocycles. The molecule has 2 aliphatic heterocycles. The molecule has 1 amide bonds. The van der Waals surface area contributed by atoms with E-state index in [4.69, 9.17) is 0 Å². The first-order chi connectivity index (χ1) is 11.6. The van der Waals surface area contributed by atoms with Crippen LogP contribution in [0.1, 0.15) is 37.4 Å². The van der Waals surface area contributed by atoms with Crippen molar-refractivity contribution in [3.63, 3.8) is 0 Å². The summed E-state index contributed by atoms with van der Waals surface area (Å²) in [4.78, 5) is 29.7. The smallest absolute Gasteiger partial charge is 0.220 e. The minimum atomic E-state index is 0.0959. The van der Waals surface area contributed by atoms with Crippen LogP contribution in [0.2, 0.25) is 0 Å². The van der Waals surface area contributed by atoms with Gasteiger partial charge in [0.05, 0.1) is 12.6 Å². The predicted molar refractivity (Wildman–Crippen MR) is 93.0 cm³/mol. The monoisotopic (exact) mass is 330 g/mol. The van der Waals surface area contributed by atoms with Crippen molar-refractivity contribution in [2.75, 3.05) is 31.5 Å². The van der Waals surface area contributed by atoms with Gasteiger partial charge in [0.25, 0.3) is 0 Å². The minimum absolute atomic E-state index is 0.0959. The number of rotatable bonds is 7. The Bertz CT molecular complexity index is 611. The summed E-state index contributed by atoms with van der Waals surface area (Å²) in [5.41, 5.74) is 2.34. The number of hydrogen-bond acceptors (Lipinski definition) is 5. The molecule has 6 heteroatoms. The molecule has 0 unspecified atom stereocenters. The summed E-state index contributed by atoms with van der Waals surface area (Å²) < 4.78 is 0. The molecule has 2 N–H and O–H groups in total. The van der Waals surface area contributed by atoms with E-state index in [1.807, 2.05) is 0 Å². The molecule has 6 nitrogen and oxygen atoms in total. The number of aryl methyl sites for hydroxylation is 2. The van der Waals surface area contributed by atoms with E-state index in [1.54, 1.807) is 6.92 Å². The Labute approximate surface area is 143 Å². The lowest BCUT2D eigenvalue weighted by molar-refractivity contribution is -0.123. The van der Waals surface area contributed by atoms with Gasteiger partial charge in [0, 0.05) is 31.7 Å². The normalized spacial score (nSPS) is 17.5. The SMILES string of the molecule is CC(=O)CN1CC(NC(=O)CCCc2ccc3c(n2)NCCC3)C1. The third-order valence-corrected chi connectivity index (χ3v) is 4.56. The third kappa shape index (κ3) is 4.54. The Morgan fingerprint density at radius 2 is 2.21 bits per heavy atom. The molecule has 1 fully saturated rings. The summed E-state index contributed by atoms with van der Waals surface area (Å²) in [5.74, 6) is 1.29. The molecule has 0 bridgehead atoms. The second-order valence-electron chi connectivity index (χ2n) is 6.85. The number of carbonyl (C=O) groups is 2. The first kappa shape index (κ1) is 16.9. The zero-order chi connectivity index (χ0) is 16.9.